The second-order valence-electron chi connectivity index (χ2n) is 3.52. The Kier molecular flexibility index (Phi) is 2.64. The highest BCUT2D eigenvalue weighted by Gasteiger charge is 2.08. The minimum Gasteiger partial charge on any atom is -0.102 e. The van der Waals surface area contributed by atoms with Gasteiger partial charge in [-0.05, 0) is 5.56 Å². The topological polar surface area (TPSA) is 0 Å². The van der Waals surface area contributed by atoms with E-state index < -0.39 is 0 Å². The van der Waals surface area contributed by atoms with Crippen LogP contribution in [0.15, 0.2) is 67.3 Å². The molecule has 70 valence electrons. The first-order chi connectivity index (χ1) is 6.90. The van der Waals surface area contributed by atoms with Crippen molar-refractivity contribution in [3.63, 3.8) is 0 Å². The van der Waals surface area contributed by atoms with Gasteiger partial charge in [0.05, 0.1) is 0 Å². The van der Waals surface area contributed by atoms with Gasteiger partial charge in [-0.3, -0.25) is 0 Å². The lowest BCUT2D eigenvalue weighted by molar-refractivity contribution is 0.954. The molecular weight excluding hydrogens is 168 g/mol. The maximum atomic E-state index is 3.78. The van der Waals surface area contributed by atoms with E-state index in [0.717, 1.165) is 0 Å². The zero-order valence-electron chi connectivity index (χ0n) is 8.14. The van der Waals surface area contributed by atoms with E-state index in [0.29, 0.717) is 11.8 Å². The molecule has 1 aromatic rings. The van der Waals surface area contributed by atoms with Gasteiger partial charge in [-0.25, -0.2) is 0 Å². The van der Waals surface area contributed by atoms with Gasteiger partial charge in [0.2, 0.25) is 0 Å². The molecule has 1 aliphatic rings. The van der Waals surface area contributed by atoms with Gasteiger partial charge >= 0.3 is 0 Å². The van der Waals surface area contributed by atoms with Crippen LogP contribution in [0.5, 0.6) is 0 Å². The predicted molar refractivity (Wildman–Crippen MR) is 61.2 cm³/mol. The van der Waals surface area contributed by atoms with Gasteiger partial charge in [-0.15, -0.1) is 6.58 Å². The molecule has 14 heavy (non-hydrogen) atoms. The Labute approximate surface area is 85.3 Å². The first-order valence-electron chi connectivity index (χ1n) is 4.94. The second kappa shape index (κ2) is 4.10. The quantitative estimate of drug-likeness (QED) is 0.612. The molecule has 0 bridgehead atoms. The lowest BCUT2D eigenvalue weighted by Crippen LogP contribution is -1.98. The standard InChI is InChI=1S/C14H14/c1-2-12-8-10-14(11-9-12)13-6-4-3-5-7-13/h2-12,14H,1H2. The molecule has 0 aliphatic heterocycles. The highest BCUT2D eigenvalue weighted by atomic mass is 14.1. The highest BCUT2D eigenvalue weighted by Crippen LogP contribution is 2.24. The number of rotatable bonds is 2. The van der Waals surface area contributed by atoms with Crippen LogP contribution in [-0.2, 0) is 0 Å². The molecule has 0 radical (unpaired) electrons. The number of benzene rings is 1. The minimum atomic E-state index is 0.412. The van der Waals surface area contributed by atoms with Crippen LogP contribution in [0.3, 0.4) is 0 Å². The van der Waals surface area contributed by atoms with Gasteiger partial charge in [0.25, 0.3) is 0 Å². The van der Waals surface area contributed by atoms with E-state index in [-0.39, 0.29) is 0 Å². The molecule has 1 aliphatic carbocycles. The Morgan fingerprint density at radius 3 is 2.14 bits per heavy atom. The van der Waals surface area contributed by atoms with E-state index in [2.05, 4.69) is 55.1 Å². The average Bonchev–Trinajstić information content (AvgIpc) is 2.30. The zero-order chi connectivity index (χ0) is 9.80. The summed E-state index contributed by atoms with van der Waals surface area (Å²) >= 11 is 0. The smallest absolute Gasteiger partial charge is 0.0199 e. The molecule has 0 unspecified atom stereocenters. The third kappa shape index (κ3) is 1.85. The zero-order valence-corrected chi connectivity index (χ0v) is 8.14. The van der Waals surface area contributed by atoms with Crippen molar-refractivity contribution in [3.8, 4) is 0 Å². The summed E-state index contributed by atoms with van der Waals surface area (Å²) in [5, 5.41) is 0. The summed E-state index contributed by atoms with van der Waals surface area (Å²) in [6, 6.07) is 10.5. The summed E-state index contributed by atoms with van der Waals surface area (Å²) < 4.78 is 0. The van der Waals surface area contributed by atoms with Crippen LogP contribution in [0, 0.1) is 5.92 Å². The molecule has 0 saturated carbocycles. The predicted octanol–water partition coefficient (Wildman–Crippen LogP) is 3.70. The summed E-state index contributed by atoms with van der Waals surface area (Å²) in [6.45, 7) is 3.78. The first kappa shape index (κ1) is 9.01. The molecule has 0 heterocycles. The molecule has 0 saturated heterocycles. The molecule has 0 amide bonds. The lowest BCUT2D eigenvalue weighted by atomic mass is 9.91. The maximum absolute atomic E-state index is 3.78. The first-order valence-corrected chi connectivity index (χ1v) is 4.94. The summed E-state index contributed by atoms with van der Waals surface area (Å²) in [5.74, 6) is 0.849. The summed E-state index contributed by atoms with van der Waals surface area (Å²) in [5.41, 5.74) is 1.35. The van der Waals surface area contributed by atoms with Gasteiger partial charge in [-0.2, -0.15) is 0 Å². The Hall–Kier alpha value is -1.56. The van der Waals surface area contributed by atoms with Crippen LogP contribution in [0.2, 0.25) is 0 Å². The van der Waals surface area contributed by atoms with E-state index in [1.807, 2.05) is 12.1 Å². The number of hydrogen-bond donors (Lipinski definition) is 0. The van der Waals surface area contributed by atoms with Gasteiger partial charge in [0.15, 0.2) is 0 Å². The monoisotopic (exact) mass is 182 g/mol. The third-order valence-corrected chi connectivity index (χ3v) is 2.54. The average molecular weight is 182 g/mol. The fourth-order valence-electron chi connectivity index (χ4n) is 1.68. The Bertz CT molecular complexity index is 343. The molecule has 0 atom stereocenters. The van der Waals surface area contributed by atoms with Crippen molar-refractivity contribution >= 4 is 0 Å². The second-order valence-corrected chi connectivity index (χ2v) is 3.52. The molecular formula is C14H14. The van der Waals surface area contributed by atoms with Crippen molar-refractivity contribution in [1.29, 1.82) is 0 Å². The highest BCUT2D eigenvalue weighted by molar-refractivity contribution is 5.32. The van der Waals surface area contributed by atoms with E-state index in [1.165, 1.54) is 5.56 Å². The molecule has 2 rings (SSSR count). The van der Waals surface area contributed by atoms with Crippen molar-refractivity contribution < 1.29 is 0 Å². The van der Waals surface area contributed by atoms with Crippen LogP contribution in [-0.4, -0.2) is 0 Å². The Morgan fingerprint density at radius 2 is 1.57 bits per heavy atom. The lowest BCUT2D eigenvalue weighted by Gasteiger charge is -2.14. The van der Waals surface area contributed by atoms with Gasteiger partial charge < -0.3 is 0 Å². The molecule has 1 aromatic carbocycles. The Morgan fingerprint density at radius 1 is 0.929 bits per heavy atom. The van der Waals surface area contributed by atoms with Crippen LogP contribution in [0.4, 0.5) is 0 Å². The third-order valence-electron chi connectivity index (χ3n) is 2.54. The fourth-order valence-corrected chi connectivity index (χ4v) is 1.68. The molecule has 0 heteroatoms. The van der Waals surface area contributed by atoms with Crippen molar-refractivity contribution in [2.75, 3.05) is 0 Å². The maximum Gasteiger partial charge on any atom is 0.0199 e. The SMILES string of the molecule is C=CC1C=CC(c2ccccc2)C=C1. The van der Waals surface area contributed by atoms with E-state index in [9.17, 15) is 0 Å². The van der Waals surface area contributed by atoms with Crippen LogP contribution in [0.25, 0.3) is 0 Å². The minimum absolute atomic E-state index is 0.412. The molecule has 0 aromatic heterocycles. The van der Waals surface area contributed by atoms with Crippen molar-refractivity contribution in [1.82, 2.24) is 0 Å². The van der Waals surface area contributed by atoms with Crippen molar-refractivity contribution in [2.45, 2.75) is 5.92 Å². The molecule has 0 spiro atoms. The largest absolute Gasteiger partial charge is 0.102 e. The van der Waals surface area contributed by atoms with E-state index >= 15 is 0 Å². The normalized spacial score (nSPS) is 24.9. The molecule has 0 nitrogen and oxygen atoms in total. The van der Waals surface area contributed by atoms with Crippen LogP contribution >= 0.6 is 0 Å². The molecule has 0 N–H and O–H groups in total. The molecule has 0 fully saturated rings. The summed E-state index contributed by atoms with van der Waals surface area (Å²) in [4.78, 5) is 0. The number of hydrogen-bond acceptors (Lipinski definition) is 0. The van der Waals surface area contributed by atoms with Crippen molar-refractivity contribution in [3.05, 3.63) is 72.9 Å². The van der Waals surface area contributed by atoms with Crippen LogP contribution in [0.1, 0.15) is 11.5 Å². The Balaban J connectivity index is 2.17. The van der Waals surface area contributed by atoms with E-state index in [1.54, 1.807) is 0 Å². The fraction of sp³-hybridized carbons (Fsp3) is 0.143. The van der Waals surface area contributed by atoms with Gasteiger partial charge in [-0.1, -0.05) is 60.7 Å². The number of allylic oxidation sites excluding steroid dienone is 5. The van der Waals surface area contributed by atoms with Crippen LogP contribution < -0.4 is 0 Å². The summed E-state index contributed by atoms with van der Waals surface area (Å²) in [7, 11) is 0. The van der Waals surface area contributed by atoms with E-state index in [4.69, 9.17) is 0 Å². The van der Waals surface area contributed by atoms with Gasteiger partial charge in [0, 0.05) is 11.8 Å². The van der Waals surface area contributed by atoms with Crippen molar-refractivity contribution in [2.24, 2.45) is 5.92 Å². The summed E-state index contributed by atoms with van der Waals surface area (Å²) in [6.07, 6.45) is 10.8. The van der Waals surface area contributed by atoms with Gasteiger partial charge in [0.1, 0.15) is 0 Å².